The second-order valence-electron chi connectivity index (χ2n) is 7.68. The van der Waals surface area contributed by atoms with Crippen molar-refractivity contribution < 1.29 is 4.79 Å². The number of Topliss-reactive ketones (excluding diaryl/α,β-unsaturated/α-hetero) is 1. The highest BCUT2D eigenvalue weighted by molar-refractivity contribution is 6.08. The summed E-state index contributed by atoms with van der Waals surface area (Å²) in [5.41, 5.74) is 5.43. The molecule has 2 aromatic carbocycles. The molecule has 1 N–H and O–H groups in total. The highest BCUT2D eigenvalue weighted by atomic mass is 16.1. The van der Waals surface area contributed by atoms with E-state index in [2.05, 4.69) is 34.2 Å². The number of H-pyrrole nitrogens is 1. The summed E-state index contributed by atoms with van der Waals surface area (Å²) in [6.45, 7) is 5.73. The van der Waals surface area contributed by atoms with Gasteiger partial charge in [-0.25, -0.2) is 9.97 Å². The van der Waals surface area contributed by atoms with Gasteiger partial charge in [0.05, 0.1) is 17.5 Å². The van der Waals surface area contributed by atoms with E-state index in [1.165, 1.54) is 5.56 Å². The third-order valence-electron chi connectivity index (χ3n) is 4.59. The standard InChI is InChI=1S/C23H21N3O/c1-23(2,3)21(27)18-13-24-22-20(18)26-19(14-25-22)17-11-9-16(10-12-17)15-7-5-4-6-8-15/h4-14H,1-3H3,(H,24,25). The van der Waals surface area contributed by atoms with Crippen molar-refractivity contribution in [2.75, 3.05) is 0 Å². The maximum Gasteiger partial charge on any atom is 0.171 e. The molecule has 4 heteroatoms. The van der Waals surface area contributed by atoms with Crippen LogP contribution in [0.4, 0.5) is 0 Å². The number of aromatic amines is 1. The van der Waals surface area contributed by atoms with Crippen LogP contribution >= 0.6 is 0 Å². The number of nitrogens with one attached hydrogen (secondary N) is 1. The van der Waals surface area contributed by atoms with Crippen molar-refractivity contribution in [1.82, 2.24) is 15.0 Å². The van der Waals surface area contributed by atoms with Gasteiger partial charge in [0.25, 0.3) is 0 Å². The predicted octanol–water partition coefficient (Wildman–Crippen LogP) is 5.52. The Morgan fingerprint density at radius 1 is 0.889 bits per heavy atom. The Labute approximate surface area is 158 Å². The van der Waals surface area contributed by atoms with Gasteiger partial charge < -0.3 is 4.98 Å². The van der Waals surface area contributed by atoms with Crippen molar-refractivity contribution in [3.63, 3.8) is 0 Å². The smallest absolute Gasteiger partial charge is 0.171 e. The molecule has 2 aromatic heterocycles. The van der Waals surface area contributed by atoms with E-state index in [1.54, 1.807) is 12.4 Å². The zero-order valence-electron chi connectivity index (χ0n) is 15.7. The topological polar surface area (TPSA) is 58.6 Å². The molecule has 0 saturated carbocycles. The molecule has 0 saturated heterocycles. The normalized spacial score (nSPS) is 11.7. The highest BCUT2D eigenvalue weighted by Gasteiger charge is 2.26. The number of aromatic nitrogens is 3. The van der Waals surface area contributed by atoms with E-state index in [1.807, 2.05) is 51.1 Å². The summed E-state index contributed by atoms with van der Waals surface area (Å²) in [4.78, 5) is 24.9. The van der Waals surface area contributed by atoms with Crippen molar-refractivity contribution in [3.05, 3.63) is 72.6 Å². The molecule has 0 aliphatic rings. The van der Waals surface area contributed by atoms with Crippen LogP contribution in [-0.4, -0.2) is 20.7 Å². The van der Waals surface area contributed by atoms with Crippen LogP contribution in [0.2, 0.25) is 0 Å². The van der Waals surface area contributed by atoms with Gasteiger partial charge in [0, 0.05) is 17.2 Å². The number of benzene rings is 2. The Balaban J connectivity index is 1.73. The van der Waals surface area contributed by atoms with E-state index >= 15 is 0 Å². The molecule has 0 atom stereocenters. The molecular weight excluding hydrogens is 334 g/mol. The van der Waals surface area contributed by atoms with Crippen molar-refractivity contribution in [2.24, 2.45) is 5.41 Å². The summed E-state index contributed by atoms with van der Waals surface area (Å²) >= 11 is 0. The quantitative estimate of drug-likeness (QED) is 0.492. The molecule has 0 aliphatic carbocycles. The molecule has 4 rings (SSSR count). The number of hydrogen-bond acceptors (Lipinski definition) is 3. The van der Waals surface area contributed by atoms with Crippen LogP contribution in [0.15, 0.2) is 67.0 Å². The molecule has 0 radical (unpaired) electrons. The predicted molar refractivity (Wildman–Crippen MR) is 109 cm³/mol. The van der Waals surface area contributed by atoms with E-state index in [-0.39, 0.29) is 5.78 Å². The lowest BCUT2D eigenvalue weighted by atomic mass is 9.87. The maximum atomic E-state index is 12.7. The minimum atomic E-state index is -0.468. The van der Waals surface area contributed by atoms with E-state index in [4.69, 9.17) is 4.98 Å². The van der Waals surface area contributed by atoms with Crippen LogP contribution in [0, 0.1) is 5.41 Å². The zero-order valence-corrected chi connectivity index (χ0v) is 15.7. The van der Waals surface area contributed by atoms with Gasteiger partial charge in [0.15, 0.2) is 11.4 Å². The van der Waals surface area contributed by atoms with Crippen LogP contribution in [0.1, 0.15) is 31.1 Å². The van der Waals surface area contributed by atoms with E-state index in [0.717, 1.165) is 16.8 Å². The fourth-order valence-electron chi connectivity index (χ4n) is 3.07. The van der Waals surface area contributed by atoms with Gasteiger partial charge in [-0.2, -0.15) is 0 Å². The molecule has 2 heterocycles. The lowest BCUT2D eigenvalue weighted by Gasteiger charge is -2.15. The van der Waals surface area contributed by atoms with Crippen LogP contribution in [0.5, 0.6) is 0 Å². The number of nitrogens with zero attached hydrogens (tertiary/aromatic N) is 2. The summed E-state index contributed by atoms with van der Waals surface area (Å²) in [5, 5.41) is 0. The Kier molecular flexibility index (Phi) is 4.11. The van der Waals surface area contributed by atoms with Crippen molar-refractivity contribution in [2.45, 2.75) is 20.8 Å². The molecule has 0 bridgehead atoms. The van der Waals surface area contributed by atoms with Gasteiger partial charge in [0.1, 0.15) is 5.52 Å². The van der Waals surface area contributed by atoms with Gasteiger partial charge in [-0.05, 0) is 11.1 Å². The fraction of sp³-hybridized carbons (Fsp3) is 0.174. The molecule has 27 heavy (non-hydrogen) atoms. The molecule has 0 fully saturated rings. The number of hydrogen-bond donors (Lipinski definition) is 1. The van der Waals surface area contributed by atoms with Gasteiger partial charge in [-0.1, -0.05) is 75.4 Å². The second kappa shape index (κ2) is 6.47. The molecule has 4 aromatic rings. The van der Waals surface area contributed by atoms with Crippen LogP contribution in [0.3, 0.4) is 0 Å². The summed E-state index contributed by atoms with van der Waals surface area (Å²) in [6, 6.07) is 18.5. The monoisotopic (exact) mass is 355 g/mol. The average Bonchev–Trinajstić information content (AvgIpc) is 3.10. The third kappa shape index (κ3) is 3.26. The number of carbonyl (C=O) groups excluding carboxylic acids is 1. The van der Waals surface area contributed by atoms with Crippen molar-refractivity contribution in [1.29, 1.82) is 0 Å². The van der Waals surface area contributed by atoms with E-state index in [0.29, 0.717) is 16.7 Å². The Bertz CT molecular complexity index is 1100. The van der Waals surface area contributed by atoms with Gasteiger partial charge in [-0.3, -0.25) is 4.79 Å². The first-order valence-electron chi connectivity index (χ1n) is 8.98. The zero-order chi connectivity index (χ0) is 19.0. The number of fused-ring (bicyclic) bond motifs is 1. The van der Waals surface area contributed by atoms with Crippen molar-refractivity contribution in [3.8, 4) is 22.4 Å². The summed E-state index contributed by atoms with van der Waals surface area (Å²) < 4.78 is 0. The van der Waals surface area contributed by atoms with Gasteiger partial charge >= 0.3 is 0 Å². The highest BCUT2D eigenvalue weighted by Crippen LogP contribution is 2.28. The molecule has 134 valence electrons. The lowest BCUT2D eigenvalue weighted by molar-refractivity contribution is 0.0860. The maximum absolute atomic E-state index is 12.7. The molecule has 0 spiro atoms. The lowest BCUT2D eigenvalue weighted by Crippen LogP contribution is -2.20. The van der Waals surface area contributed by atoms with Crippen LogP contribution < -0.4 is 0 Å². The Morgan fingerprint density at radius 2 is 1.52 bits per heavy atom. The average molecular weight is 355 g/mol. The Morgan fingerprint density at radius 3 is 2.19 bits per heavy atom. The Hall–Kier alpha value is -3.27. The summed E-state index contributed by atoms with van der Waals surface area (Å²) in [5.74, 6) is 0.0552. The van der Waals surface area contributed by atoms with Gasteiger partial charge in [-0.15, -0.1) is 0 Å². The van der Waals surface area contributed by atoms with E-state index < -0.39 is 5.41 Å². The molecule has 0 aliphatic heterocycles. The molecule has 4 nitrogen and oxygen atoms in total. The first-order valence-corrected chi connectivity index (χ1v) is 8.98. The van der Waals surface area contributed by atoms with Crippen molar-refractivity contribution >= 4 is 16.9 Å². The molecule has 0 amide bonds. The SMILES string of the molecule is CC(C)(C)C(=O)c1c[nH]c2ncc(-c3ccc(-c4ccccc4)cc3)nc12. The van der Waals surface area contributed by atoms with E-state index in [9.17, 15) is 4.79 Å². The first kappa shape index (κ1) is 17.2. The summed E-state index contributed by atoms with van der Waals surface area (Å²) in [6.07, 6.45) is 3.45. The van der Waals surface area contributed by atoms with Crippen LogP contribution in [-0.2, 0) is 0 Å². The summed E-state index contributed by atoms with van der Waals surface area (Å²) in [7, 11) is 0. The number of rotatable bonds is 3. The minimum Gasteiger partial charge on any atom is -0.344 e. The third-order valence-corrected chi connectivity index (χ3v) is 4.59. The fourth-order valence-corrected chi connectivity index (χ4v) is 3.07. The number of ketones is 1. The molecular formula is C23H21N3O. The molecule has 0 unspecified atom stereocenters. The van der Waals surface area contributed by atoms with Crippen LogP contribution in [0.25, 0.3) is 33.5 Å². The largest absolute Gasteiger partial charge is 0.344 e. The van der Waals surface area contributed by atoms with Gasteiger partial charge in [0.2, 0.25) is 0 Å². The second-order valence-corrected chi connectivity index (χ2v) is 7.68. The minimum absolute atomic E-state index is 0.0552. The first-order chi connectivity index (χ1) is 12.9. The number of carbonyl (C=O) groups is 1.